The van der Waals surface area contributed by atoms with Gasteiger partial charge >= 0.3 is 0 Å². The summed E-state index contributed by atoms with van der Waals surface area (Å²) in [5.41, 5.74) is -1.11. The number of fused-ring (bicyclic) bond motifs is 2. The summed E-state index contributed by atoms with van der Waals surface area (Å²) in [7, 11) is -6.85. The highest BCUT2D eigenvalue weighted by atomic mass is 32.2. The summed E-state index contributed by atoms with van der Waals surface area (Å²) in [5, 5.41) is 0. The second kappa shape index (κ2) is 5.51. The Morgan fingerprint density at radius 2 is 1.92 bits per heavy atom. The SMILES string of the molecule is CCN(C1CCS(=O)(=O)C1)S(=O)(=O)CC12CCC(CC1=O)C2(C)C. The lowest BCUT2D eigenvalue weighted by atomic mass is 9.70. The molecule has 2 saturated carbocycles. The van der Waals surface area contributed by atoms with Crippen molar-refractivity contribution in [2.45, 2.75) is 52.5 Å². The van der Waals surface area contributed by atoms with Crippen molar-refractivity contribution in [2.75, 3.05) is 23.8 Å². The zero-order valence-electron chi connectivity index (χ0n) is 14.6. The van der Waals surface area contributed by atoms with E-state index in [4.69, 9.17) is 0 Å². The number of ketones is 1. The molecule has 1 heterocycles. The normalized spacial score (nSPS) is 37.4. The fourth-order valence-corrected chi connectivity index (χ4v) is 9.51. The Balaban J connectivity index is 1.89. The molecule has 0 spiro atoms. The van der Waals surface area contributed by atoms with Gasteiger partial charge in [0.1, 0.15) is 5.78 Å². The molecule has 0 aromatic heterocycles. The zero-order valence-corrected chi connectivity index (χ0v) is 16.2. The van der Waals surface area contributed by atoms with Crippen molar-refractivity contribution in [1.29, 1.82) is 0 Å². The molecule has 0 amide bonds. The fourth-order valence-electron chi connectivity index (χ4n) is 5.19. The predicted octanol–water partition coefficient (Wildman–Crippen LogP) is 1.22. The lowest BCUT2D eigenvalue weighted by Gasteiger charge is -2.38. The molecule has 2 aliphatic carbocycles. The molecule has 1 saturated heterocycles. The minimum Gasteiger partial charge on any atom is -0.299 e. The molecule has 0 N–H and O–H groups in total. The average molecular weight is 378 g/mol. The Hall–Kier alpha value is -0.470. The van der Waals surface area contributed by atoms with E-state index in [1.807, 2.05) is 13.8 Å². The highest BCUT2D eigenvalue weighted by Crippen LogP contribution is 2.64. The van der Waals surface area contributed by atoms with Crippen molar-refractivity contribution in [3.05, 3.63) is 0 Å². The van der Waals surface area contributed by atoms with Gasteiger partial charge in [0.05, 0.1) is 17.3 Å². The summed E-state index contributed by atoms with van der Waals surface area (Å²) in [4.78, 5) is 12.6. The van der Waals surface area contributed by atoms with Crippen LogP contribution < -0.4 is 0 Å². The Labute approximate surface area is 145 Å². The highest BCUT2D eigenvalue weighted by molar-refractivity contribution is 7.92. The molecular weight excluding hydrogens is 350 g/mol. The number of sulfone groups is 1. The molecule has 8 heteroatoms. The molecule has 2 bridgehead atoms. The van der Waals surface area contributed by atoms with Gasteiger partial charge in [0.15, 0.2) is 9.84 Å². The van der Waals surface area contributed by atoms with Crippen molar-refractivity contribution in [3.63, 3.8) is 0 Å². The van der Waals surface area contributed by atoms with Crippen LogP contribution in [-0.4, -0.2) is 56.8 Å². The molecule has 0 radical (unpaired) electrons. The quantitative estimate of drug-likeness (QED) is 0.719. The minimum atomic E-state index is -3.69. The summed E-state index contributed by atoms with van der Waals surface area (Å²) in [6.45, 7) is 6.01. The van der Waals surface area contributed by atoms with Crippen LogP contribution in [0.15, 0.2) is 0 Å². The number of nitrogens with zero attached hydrogens (tertiary/aromatic N) is 1. The Kier molecular flexibility index (Phi) is 4.21. The Bertz CT molecular complexity index is 755. The van der Waals surface area contributed by atoms with E-state index in [9.17, 15) is 21.6 Å². The first kappa shape index (κ1) is 18.3. The van der Waals surface area contributed by atoms with E-state index in [0.717, 1.165) is 6.42 Å². The second-order valence-corrected chi connectivity index (χ2v) is 12.3. The van der Waals surface area contributed by atoms with Crippen LogP contribution in [0.2, 0.25) is 0 Å². The maximum atomic E-state index is 13.1. The maximum Gasteiger partial charge on any atom is 0.215 e. The smallest absolute Gasteiger partial charge is 0.215 e. The maximum absolute atomic E-state index is 13.1. The van der Waals surface area contributed by atoms with Crippen molar-refractivity contribution in [2.24, 2.45) is 16.7 Å². The van der Waals surface area contributed by atoms with E-state index >= 15 is 0 Å². The first-order valence-electron chi connectivity index (χ1n) is 8.68. The van der Waals surface area contributed by atoms with Crippen LogP contribution in [0.4, 0.5) is 0 Å². The molecule has 3 fully saturated rings. The van der Waals surface area contributed by atoms with Crippen molar-refractivity contribution >= 4 is 25.6 Å². The zero-order chi connectivity index (χ0) is 18.0. The van der Waals surface area contributed by atoms with E-state index in [2.05, 4.69) is 0 Å². The minimum absolute atomic E-state index is 0.0430. The van der Waals surface area contributed by atoms with Crippen molar-refractivity contribution in [1.82, 2.24) is 4.31 Å². The van der Waals surface area contributed by atoms with Crippen LogP contribution in [0.1, 0.15) is 46.5 Å². The summed E-state index contributed by atoms with van der Waals surface area (Å²) in [6.07, 6.45) is 2.36. The van der Waals surface area contributed by atoms with Crippen molar-refractivity contribution < 1.29 is 21.6 Å². The molecular formula is C16H27NO5S2. The molecule has 1 aliphatic heterocycles. The summed E-state index contributed by atoms with van der Waals surface area (Å²) < 4.78 is 51.0. The van der Waals surface area contributed by atoms with E-state index < -0.39 is 31.3 Å². The van der Waals surface area contributed by atoms with Crippen LogP contribution in [0, 0.1) is 16.7 Å². The van der Waals surface area contributed by atoms with Crippen LogP contribution >= 0.6 is 0 Å². The topological polar surface area (TPSA) is 88.6 Å². The largest absolute Gasteiger partial charge is 0.299 e. The van der Waals surface area contributed by atoms with Gasteiger partial charge in [-0.15, -0.1) is 0 Å². The lowest BCUT2D eigenvalue weighted by molar-refractivity contribution is -0.128. The number of hydrogen-bond acceptors (Lipinski definition) is 5. The van der Waals surface area contributed by atoms with Crippen molar-refractivity contribution in [3.8, 4) is 0 Å². The monoisotopic (exact) mass is 377 g/mol. The summed E-state index contributed by atoms with van der Waals surface area (Å²) >= 11 is 0. The van der Waals surface area contributed by atoms with Crippen LogP contribution in [-0.2, 0) is 24.7 Å². The molecule has 6 nitrogen and oxygen atoms in total. The van der Waals surface area contributed by atoms with Crippen LogP contribution in [0.3, 0.4) is 0 Å². The molecule has 0 aromatic carbocycles. The average Bonchev–Trinajstić information content (AvgIpc) is 2.96. The van der Waals surface area contributed by atoms with Gasteiger partial charge in [-0.3, -0.25) is 4.79 Å². The molecule has 3 unspecified atom stereocenters. The third-order valence-electron chi connectivity index (χ3n) is 6.85. The predicted molar refractivity (Wildman–Crippen MR) is 91.8 cm³/mol. The second-order valence-electron chi connectivity index (χ2n) is 8.18. The van der Waals surface area contributed by atoms with Gasteiger partial charge in [-0.25, -0.2) is 16.8 Å². The Morgan fingerprint density at radius 1 is 1.25 bits per heavy atom. The molecule has 3 atom stereocenters. The van der Waals surface area contributed by atoms with E-state index in [1.54, 1.807) is 6.92 Å². The van der Waals surface area contributed by atoms with Gasteiger partial charge in [0.2, 0.25) is 10.0 Å². The van der Waals surface area contributed by atoms with E-state index in [-0.39, 0.29) is 40.9 Å². The number of carbonyl (C=O) groups is 1. The highest BCUT2D eigenvalue weighted by Gasteiger charge is 2.65. The third kappa shape index (κ3) is 2.56. The van der Waals surface area contributed by atoms with Gasteiger partial charge in [0.25, 0.3) is 0 Å². The number of sulfonamides is 1. The lowest BCUT2D eigenvalue weighted by Crippen LogP contribution is -2.49. The van der Waals surface area contributed by atoms with Crippen LogP contribution in [0.5, 0.6) is 0 Å². The third-order valence-corrected chi connectivity index (χ3v) is 10.7. The van der Waals surface area contributed by atoms with Gasteiger partial charge in [-0.1, -0.05) is 20.8 Å². The van der Waals surface area contributed by atoms with Gasteiger partial charge in [-0.05, 0) is 30.6 Å². The van der Waals surface area contributed by atoms with E-state index in [1.165, 1.54) is 4.31 Å². The number of hydrogen-bond donors (Lipinski definition) is 0. The molecule has 0 aromatic rings. The fraction of sp³-hybridized carbons (Fsp3) is 0.938. The number of carbonyl (C=O) groups excluding carboxylic acids is 1. The Morgan fingerprint density at radius 3 is 2.33 bits per heavy atom. The molecule has 138 valence electrons. The molecule has 24 heavy (non-hydrogen) atoms. The summed E-state index contributed by atoms with van der Waals surface area (Å²) in [6, 6.07) is -0.488. The first-order chi connectivity index (χ1) is 11.0. The number of Topliss-reactive ketones (excluding diaryl/α,β-unsaturated/α-hetero) is 1. The van der Waals surface area contributed by atoms with E-state index in [0.29, 0.717) is 19.3 Å². The van der Waals surface area contributed by atoms with Crippen LogP contribution in [0.25, 0.3) is 0 Å². The standard InChI is InChI=1S/C16H27NO5S2/c1-4-17(13-6-8-23(19,20)10-13)24(21,22)11-16-7-5-12(9-14(16)18)15(16,2)3/h12-13H,4-11H2,1-3H3. The first-order valence-corrected chi connectivity index (χ1v) is 12.1. The van der Waals surface area contributed by atoms with Gasteiger partial charge in [-0.2, -0.15) is 4.31 Å². The number of rotatable bonds is 5. The molecule has 3 aliphatic rings. The van der Waals surface area contributed by atoms with Gasteiger partial charge in [0, 0.05) is 24.4 Å². The van der Waals surface area contributed by atoms with Gasteiger partial charge < -0.3 is 0 Å². The summed E-state index contributed by atoms with van der Waals surface area (Å²) in [5.74, 6) is 0.103. The molecule has 3 rings (SSSR count).